The number of hydrogen-bond acceptors (Lipinski definition) is 3. The minimum absolute atomic E-state index is 0.921. The second-order valence-electron chi connectivity index (χ2n) is 4.39. The van der Waals surface area contributed by atoms with Crippen molar-refractivity contribution in [3.8, 4) is 0 Å². The van der Waals surface area contributed by atoms with Gasteiger partial charge < -0.3 is 9.80 Å². The molecular formula is C13H19N3. The van der Waals surface area contributed by atoms with Crippen molar-refractivity contribution in [2.45, 2.75) is 13.5 Å². The van der Waals surface area contributed by atoms with Crippen molar-refractivity contribution in [3.05, 3.63) is 35.4 Å². The third-order valence-electron chi connectivity index (χ3n) is 3.04. The lowest BCUT2D eigenvalue weighted by atomic mass is 10.1. The Balaban J connectivity index is 2.08. The minimum Gasteiger partial charge on any atom is -0.344 e. The monoisotopic (exact) mass is 217 g/mol. The lowest BCUT2D eigenvalue weighted by molar-refractivity contribution is 0.413. The Kier molecular flexibility index (Phi) is 3.13. The van der Waals surface area contributed by atoms with Crippen LogP contribution in [0, 0.1) is 6.92 Å². The summed E-state index contributed by atoms with van der Waals surface area (Å²) in [6.45, 7) is 5.04. The molecule has 0 N–H and O–H groups in total. The van der Waals surface area contributed by atoms with E-state index in [1.807, 2.05) is 0 Å². The first-order chi connectivity index (χ1) is 7.68. The van der Waals surface area contributed by atoms with Crippen LogP contribution in [0.15, 0.2) is 29.3 Å². The fourth-order valence-electron chi connectivity index (χ4n) is 2.05. The van der Waals surface area contributed by atoms with E-state index in [2.05, 4.69) is 60.1 Å². The molecule has 0 aromatic heterocycles. The van der Waals surface area contributed by atoms with Crippen molar-refractivity contribution in [2.24, 2.45) is 4.99 Å². The Hall–Kier alpha value is -1.51. The molecule has 3 nitrogen and oxygen atoms in total. The standard InChI is InChI=1S/C13H19N3/c1-11-6-4-5-7-12(11)10-16(3)13-14-8-9-15(13)2/h4-7H,8-10H2,1-3H3. The van der Waals surface area contributed by atoms with Gasteiger partial charge in [-0.15, -0.1) is 0 Å². The van der Waals surface area contributed by atoms with Crippen molar-refractivity contribution in [1.82, 2.24) is 9.80 Å². The van der Waals surface area contributed by atoms with Crippen molar-refractivity contribution in [3.63, 3.8) is 0 Å². The van der Waals surface area contributed by atoms with Gasteiger partial charge in [-0.05, 0) is 18.1 Å². The highest BCUT2D eigenvalue weighted by Gasteiger charge is 2.16. The number of guanidine groups is 1. The molecule has 0 saturated carbocycles. The van der Waals surface area contributed by atoms with E-state index >= 15 is 0 Å². The largest absolute Gasteiger partial charge is 0.344 e. The van der Waals surface area contributed by atoms with Crippen molar-refractivity contribution < 1.29 is 0 Å². The molecule has 1 aliphatic heterocycles. The normalized spacial score (nSPS) is 15.2. The summed E-state index contributed by atoms with van der Waals surface area (Å²) in [6, 6.07) is 8.51. The first kappa shape index (κ1) is 11.0. The van der Waals surface area contributed by atoms with E-state index in [1.54, 1.807) is 0 Å². The van der Waals surface area contributed by atoms with Gasteiger partial charge in [0.05, 0.1) is 6.54 Å². The third-order valence-corrected chi connectivity index (χ3v) is 3.04. The fourth-order valence-corrected chi connectivity index (χ4v) is 2.05. The van der Waals surface area contributed by atoms with Gasteiger partial charge in [-0.1, -0.05) is 24.3 Å². The molecule has 2 rings (SSSR count). The molecule has 0 bridgehead atoms. The predicted octanol–water partition coefficient (Wildman–Crippen LogP) is 1.73. The molecule has 1 heterocycles. The van der Waals surface area contributed by atoms with Gasteiger partial charge in [-0.25, -0.2) is 0 Å². The first-order valence-corrected chi connectivity index (χ1v) is 5.69. The average molecular weight is 217 g/mol. The second kappa shape index (κ2) is 4.56. The summed E-state index contributed by atoms with van der Waals surface area (Å²) < 4.78 is 0. The van der Waals surface area contributed by atoms with Gasteiger partial charge in [0.15, 0.2) is 5.96 Å². The molecule has 0 unspecified atom stereocenters. The molecule has 0 aliphatic carbocycles. The lowest BCUT2D eigenvalue weighted by Crippen LogP contribution is -2.36. The topological polar surface area (TPSA) is 18.8 Å². The van der Waals surface area contributed by atoms with Gasteiger partial charge in [-0.3, -0.25) is 4.99 Å². The third kappa shape index (κ3) is 2.18. The second-order valence-corrected chi connectivity index (χ2v) is 4.39. The summed E-state index contributed by atoms with van der Waals surface area (Å²) in [6.07, 6.45) is 0. The molecule has 0 saturated heterocycles. The smallest absolute Gasteiger partial charge is 0.196 e. The Bertz CT molecular complexity index is 398. The Labute approximate surface area is 97.4 Å². The molecule has 3 heteroatoms. The number of benzene rings is 1. The number of rotatable bonds is 2. The fraction of sp³-hybridized carbons (Fsp3) is 0.462. The van der Waals surface area contributed by atoms with Crippen LogP contribution in [-0.4, -0.2) is 42.9 Å². The SMILES string of the molecule is Cc1ccccc1CN(C)C1=NCCN1C. The Morgan fingerprint density at radius 1 is 1.38 bits per heavy atom. The molecule has 1 aromatic carbocycles. The highest BCUT2D eigenvalue weighted by molar-refractivity contribution is 5.81. The van der Waals surface area contributed by atoms with E-state index in [0.717, 1.165) is 25.6 Å². The number of aryl methyl sites for hydroxylation is 1. The van der Waals surface area contributed by atoms with E-state index < -0.39 is 0 Å². The van der Waals surface area contributed by atoms with E-state index in [4.69, 9.17) is 0 Å². The zero-order valence-electron chi connectivity index (χ0n) is 10.3. The van der Waals surface area contributed by atoms with Crippen LogP contribution in [0.3, 0.4) is 0 Å². The maximum absolute atomic E-state index is 4.51. The molecular weight excluding hydrogens is 198 g/mol. The predicted molar refractivity (Wildman–Crippen MR) is 67.6 cm³/mol. The Morgan fingerprint density at radius 2 is 2.12 bits per heavy atom. The molecule has 0 amide bonds. The molecule has 16 heavy (non-hydrogen) atoms. The highest BCUT2D eigenvalue weighted by Crippen LogP contribution is 2.11. The van der Waals surface area contributed by atoms with Crippen LogP contribution < -0.4 is 0 Å². The minimum atomic E-state index is 0.921. The van der Waals surface area contributed by atoms with Gasteiger partial charge in [0.2, 0.25) is 0 Å². The van der Waals surface area contributed by atoms with E-state index in [0.29, 0.717) is 0 Å². The maximum atomic E-state index is 4.51. The van der Waals surface area contributed by atoms with Crippen molar-refractivity contribution >= 4 is 5.96 Å². The molecule has 1 aromatic rings. The van der Waals surface area contributed by atoms with Gasteiger partial charge in [0, 0.05) is 27.2 Å². The van der Waals surface area contributed by atoms with Gasteiger partial charge >= 0.3 is 0 Å². The summed E-state index contributed by atoms with van der Waals surface area (Å²) in [5, 5.41) is 0. The van der Waals surface area contributed by atoms with Crippen LogP contribution in [0.5, 0.6) is 0 Å². The van der Waals surface area contributed by atoms with Crippen LogP contribution in [-0.2, 0) is 6.54 Å². The zero-order chi connectivity index (χ0) is 11.5. The molecule has 0 radical (unpaired) electrons. The zero-order valence-corrected chi connectivity index (χ0v) is 10.3. The van der Waals surface area contributed by atoms with E-state index in [9.17, 15) is 0 Å². The van der Waals surface area contributed by atoms with Gasteiger partial charge in [-0.2, -0.15) is 0 Å². The quantitative estimate of drug-likeness (QED) is 0.751. The molecule has 1 aliphatic rings. The van der Waals surface area contributed by atoms with Crippen molar-refractivity contribution in [1.29, 1.82) is 0 Å². The summed E-state index contributed by atoms with van der Waals surface area (Å²) in [4.78, 5) is 8.94. The van der Waals surface area contributed by atoms with Gasteiger partial charge in [0.1, 0.15) is 0 Å². The van der Waals surface area contributed by atoms with Crippen LogP contribution in [0.1, 0.15) is 11.1 Å². The summed E-state index contributed by atoms with van der Waals surface area (Å²) in [5.74, 6) is 1.10. The summed E-state index contributed by atoms with van der Waals surface area (Å²) in [5.41, 5.74) is 2.71. The van der Waals surface area contributed by atoms with Crippen LogP contribution in [0.4, 0.5) is 0 Å². The van der Waals surface area contributed by atoms with Crippen molar-refractivity contribution in [2.75, 3.05) is 27.2 Å². The summed E-state index contributed by atoms with van der Waals surface area (Å²) >= 11 is 0. The number of likely N-dealkylation sites (N-methyl/N-ethyl adjacent to an activating group) is 1. The number of nitrogens with zero attached hydrogens (tertiary/aromatic N) is 3. The molecule has 0 spiro atoms. The number of hydrogen-bond donors (Lipinski definition) is 0. The lowest BCUT2D eigenvalue weighted by Gasteiger charge is -2.25. The Morgan fingerprint density at radius 3 is 2.75 bits per heavy atom. The van der Waals surface area contributed by atoms with Crippen LogP contribution >= 0.6 is 0 Å². The van der Waals surface area contributed by atoms with Crippen LogP contribution in [0.25, 0.3) is 0 Å². The first-order valence-electron chi connectivity index (χ1n) is 5.69. The number of aliphatic imine (C=N–C) groups is 1. The average Bonchev–Trinajstić information content (AvgIpc) is 2.68. The summed E-state index contributed by atoms with van der Waals surface area (Å²) in [7, 11) is 4.20. The van der Waals surface area contributed by atoms with E-state index in [-0.39, 0.29) is 0 Å². The molecule has 0 fully saturated rings. The van der Waals surface area contributed by atoms with Crippen LogP contribution in [0.2, 0.25) is 0 Å². The molecule has 0 atom stereocenters. The van der Waals surface area contributed by atoms with Gasteiger partial charge in [0.25, 0.3) is 0 Å². The molecule has 86 valence electrons. The maximum Gasteiger partial charge on any atom is 0.196 e. The van der Waals surface area contributed by atoms with E-state index in [1.165, 1.54) is 11.1 Å². The highest BCUT2D eigenvalue weighted by atomic mass is 15.4.